The average molecular weight is 578 g/mol. The summed E-state index contributed by atoms with van der Waals surface area (Å²) in [5, 5.41) is 2.68. The first-order valence-corrected chi connectivity index (χ1v) is 14.5. The lowest BCUT2D eigenvalue weighted by molar-refractivity contribution is -0.139. The molecule has 3 aliphatic heterocycles. The Morgan fingerprint density at radius 2 is 1.92 bits per heavy atom. The summed E-state index contributed by atoms with van der Waals surface area (Å²) >= 11 is 7.40. The zero-order valence-corrected chi connectivity index (χ0v) is 23.8. The highest BCUT2D eigenvalue weighted by atomic mass is 35.5. The van der Waals surface area contributed by atoms with E-state index in [0.29, 0.717) is 22.7 Å². The third-order valence-corrected chi connectivity index (χ3v) is 9.23. The van der Waals surface area contributed by atoms with Gasteiger partial charge in [-0.1, -0.05) is 43.7 Å². The number of ether oxygens (including phenoxy) is 1. The van der Waals surface area contributed by atoms with E-state index >= 15 is 0 Å². The van der Waals surface area contributed by atoms with Gasteiger partial charge in [-0.2, -0.15) is 4.39 Å². The van der Waals surface area contributed by atoms with Crippen LogP contribution < -0.4 is 10.2 Å². The number of aromatic nitrogens is 1. The molecule has 39 heavy (non-hydrogen) atoms. The third kappa shape index (κ3) is 5.54. The van der Waals surface area contributed by atoms with Gasteiger partial charge in [-0.05, 0) is 25.1 Å². The zero-order chi connectivity index (χ0) is 27.8. The number of nitrogens with one attached hydrogen (secondary N) is 1. The smallest absolute Gasteiger partial charge is 0.251 e. The van der Waals surface area contributed by atoms with Crippen LogP contribution in [0.3, 0.4) is 0 Å². The molecular formula is C27H33ClFN5O4S. The lowest BCUT2D eigenvalue weighted by Gasteiger charge is -2.31. The van der Waals surface area contributed by atoms with Crippen LogP contribution in [0.15, 0.2) is 24.3 Å². The topological polar surface area (TPSA) is 95.1 Å². The van der Waals surface area contributed by atoms with Gasteiger partial charge in [0.25, 0.3) is 5.91 Å². The predicted octanol–water partition coefficient (Wildman–Crippen LogP) is 2.63. The van der Waals surface area contributed by atoms with E-state index in [1.165, 1.54) is 4.90 Å². The first-order valence-electron chi connectivity index (χ1n) is 13.3. The number of alkyl halides is 1. The molecule has 3 aliphatic rings. The van der Waals surface area contributed by atoms with E-state index in [2.05, 4.69) is 27.1 Å². The monoisotopic (exact) mass is 577 g/mol. The summed E-state index contributed by atoms with van der Waals surface area (Å²) in [7, 11) is 2.06. The van der Waals surface area contributed by atoms with Gasteiger partial charge in [0.05, 0.1) is 5.38 Å². The number of ketones is 1. The molecule has 9 nitrogen and oxygen atoms in total. The number of Topliss-reactive ketones (excluding diaryl/α,β-unsaturated/α-hetero) is 1. The minimum Gasteiger partial charge on any atom is -0.366 e. The van der Waals surface area contributed by atoms with E-state index in [-0.39, 0.29) is 41.6 Å². The molecule has 0 saturated carbocycles. The number of likely N-dealkylation sites (tertiary alicyclic amines) is 1. The number of anilines is 1. The van der Waals surface area contributed by atoms with E-state index in [1.807, 2.05) is 13.8 Å². The number of piperazine rings is 1. The van der Waals surface area contributed by atoms with Gasteiger partial charge < -0.3 is 24.8 Å². The van der Waals surface area contributed by atoms with Crippen molar-refractivity contribution < 1.29 is 23.5 Å². The first-order chi connectivity index (χ1) is 18.7. The van der Waals surface area contributed by atoms with Crippen molar-refractivity contribution >= 4 is 45.7 Å². The summed E-state index contributed by atoms with van der Waals surface area (Å²) < 4.78 is 20.3. The predicted molar refractivity (Wildman–Crippen MR) is 148 cm³/mol. The van der Waals surface area contributed by atoms with Gasteiger partial charge >= 0.3 is 0 Å². The normalized spacial score (nSPS) is 25.1. The Morgan fingerprint density at radius 3 is 2.59 bits per heavy atom. The molecule has 2 amide bonds. The number of carbonyl (C=O) groups is 3. The van der Waals surface area contributed by atoms with Gasteiger partial charge in [0.15, 0.2) is 10.9 Å². The van der Waals surface area contributed by atoms with Crippen LogP contribution in [0.5, 0.6) is 0 Å². The highest BCUT2D eigenvalue weighted by Gasteiger charge is 2.53. The summed E-state index contributed by atoms with van der Waals surface area (Å²) in [5.74, 6) is -1.12. The van der Waals surface area contributed by atoms with Crippen LogP contribution in [0.2, 0.25) is 0 Å². The van der Waals surface area contributed by atoms with E-state index in [1.54, 1.807) is 24.3 Å². The fourth-order valence-corrected chi connectivity index (χ4v) is 6.52. The van der Waals surface area contributed by atoms with Crippen molar-refractivity contribution in [3.05, 3.63) is 35.0 Å². The quantitative estimate of drug-likeness (QED) is 0.506. The van der Waals surface area contributed by atoms with Crippen LogP contribution in [0, 0.1) is 11.0 Å². The van der Waals surface area contributed by atoms with Gasteiger partial charge in [-0.3, -0.25) is 14.4 Å². The van der Waals surface area contributed by atoms with Crippen LogP contribution in [-0.4, -0.2) is 102 Å². The van der Waals surface area contributed by atoms with Crippen molar-refractivity contribution in [3.63, 3.8) is 0 Å². The molecule has 0 bridgehead atoms. The Kier molecular flexibility index (Phi) is 8.23. The van der Waals surface area contributed by atoms with Crippen LogP contribution in [0.4, 0.5) is 9.52 Å². The first kappa shape index (κ1) is 27.9. The minimum atomic E-state index is -0.833. The van der Waals surface area contributed by atoms with Crippen molar-refractivity contribution in [2.75, 3.05) is 51.3 Å². The van der Waals surface area contributed by atoms with Crippen LogP contribution in [0.25, 0.3) is 11.3 Å². The molecule has 12 heteroatoms. The number of benzene rings is 1. The molecule has 5 unspecified atom stereocenters. The molecule has 3 fully saturated rings. The molecule has 3 saturated heterocycles. The molecule has 2 aromatic rings. The fraction of sp³-hybridized carbons (Fsp3) is 0.556. The Labute approximate surface area is 236 Å². The molecular weight excluding hydrogens is 545 g/mol. The Bertz CT molecular complexity index is 1240. The summed E-state index contributed by atoms with van der Waals surface area (Å²) in [6.45, 7) is 7.33. The lowest BCUT2D eigenvalue weighted by Crippen LogP contribution is -2.54. The molecule has 0 aliphatic carbocycles. The van der Waals surface area contributed by atoms with Crippen LogP contribution >= 0.6 is 22.9 Å². The number of hydrogen-bond donors (Lipinski definition) is 1. The second-order valence-electron chi connectivity index (χ2n) is 10.5. The summed E-state index contributed by atoms with van der Waals surface area (Å²) in [5.41, 5.74) is 1.17. The number of likely N-dealkylation sites (N-methyl/N-ethyl adjacent to an activating group) is 1. The van der Waals surface area contributed by atoms with Crippen LogP contribution in [-0.2, 0) is 14.3 Å². The van der Waals surface area contributed by atoms with Crippen LogP contribution in [0.1, 0.15) is 30.6 Å². The maximum atomic E-state index is 14.8. The number of halogens is 2. The molecule has 0 spiro atoms. The second kappa shape index (κ2) is 11.5. The Morgan fingerprint density at radius 1 is 1.23 bits per heavy atom. The Balaban J connectivity index is 1.29. The maximum absolute atomic E-state index is 14.8. The van der Waals surface area contributed by atoms with E-state index in [4.69, 9.17) is 16.3 Å². The zero-order valence-electron chi connectivity index (χ0n) is 22.2. The van der Waals surface area contributed by atoms with E-state index < -0.39 is 29.5 Å². The van der Waals surface area contributed by atoms with Gasteiger partial charge in [-0.15, -0.1) is 11.6 Å². The standard InChI is InChI=1S/C27H33ClFN5O4S/c1-4-15(2)20(26(37)34-13-18(28)23-22(34)19(35)14-38-23)30-25(36)17-7-5-16(6-8-17)21-24(29)39-27(31-21)33-11-9-32(3)10-12-33/h5-8,15,18,20,22-23H,4,9-14H2,1-3H3,(H,30,36). The number of carbonyl (C=O) groups excluding carboxylic acids is 3. The van der Waals surface area contributed by atoms with Crippen molar-refractivity contribution in [1.29, 1.82) is 0 Å². The van der Waals surface area contributed by atoms with Crippen molar-refractivity contribution in [2.45, 2.75) is 43.8 Å². The molecule has 0 radical (unpaired) electrons. The molecule has 5 atom stereocenters. The number of fused-ring (bicyclic) bond motifs is 1. The third-order valence-electron chi connectivity index (χ3n) is 7.94. The van der Waals surface area contributed by atoms with Crippen molar-refractivity contribution in [3.8, 4) is 11.3 Å². The lowest BCUT2D eigenvalue weighted by atomic mass is 9.96. The number of amides is 2. The van der Waals surface area contributed by atoms with Gasteiger partial charge in [0.1, 0.15) is 30.5 Å². The fourth-order valence-electron chi connectivity index (χ4n) is 5.29. The molecule has 1 aromatic heterocycles. The Hall–Kier alpha value is -2.60. The molecule has 1 aromatic carbocycles. The van der Waals surface area contributed by atoms with Gasteiger partial charge in [0.2, 0.25) is 11.0 Å². The van der Waals surface area contributed by atoms with E-state index in [0.717, 1.165) is 37.5 Å². The second-order valence-corrected chi connectivity index (χ2v) is 12.0. The number of thiazole rings is 1. The highest BCUT2D eigenvalue weighted by Crippen LogP contribution is 2.33. The molecule has 4 heterocycles. The molecule has 1 N–H and O–H groups in total. The largest absolute Gasteiger partial charge is 0.366 e. The summed E-state index contributed by atoms with van der Waals surface area (Å²) in [4.78, 5) is 49.5. The number of hydrogen-bond acceptors (Lipinski definition) is 8. The number of nitrogens with zero attached hydrogens (tertiary/aromatic N) is 4. The molecule has 210 valence electrons. The maximum Gasteiger partial charge on any atom is 0.251 e. The van der Waals surface area contributed by atoms with Gasteiger partial charge in [0, 0.05) is 43.9 Å². The van der Waals surface area contributed by atoms with Gasteiger partial charge in [-0.25, -0.2) is 4.98 Å². The number of rotatable bonds is 7. The minimum absolute atomic E-state index is 0.0640. The SMILES string of the molecule is CCC(C)C(NC(=O)c1ccc(-c2nc(N3CCN(C)CC3)sc2F)cc1)C(=O)N1CC(Cl)C2OCC(=O)C21. The van der Waals surface area contributed by atoms with Crippen molar-refractivity contribution in [1.82, 2.24) is 20.1 Å². The van der Waals surface area contributed by atoms with Crippen molar-refractivity contribution in [2.24, 2.45) is 5.92 Å². The summed E-state index contributed by atoms with van der Waals surface area (Å²) in [6.07, 6.45) is 0.122. The molecule has 5 rings (SSSR count). The highest BCUT2D eigenvalue weighted by molar-refractivity contribution is 7.14. The average Bonchev–Trinajstić information content (AvgIpc) is 3.62. The summed E-state index contributed by atoms with van der Waals surface area (Å²) in [6, 6.07) is 4.99. The van der Waals surface area contributed by atoms with E-state index in [9.17, 15) is 18.8 Å².